The lowest BCUT2D eigenvalue weighted by atomic mass is 9.99. The maximum Gasteiger partial charge on any atom is 0.275 e. The minimum Gasteiger partial charge on any atom is -0.358 e. The molecule has 0 aliphatic heterocycles. The van der Waals surface area contributed by atoms with E-state index >= 15 is 0 Å². The Morgan fingerprint density at radius 1 is 1.12 bits per heavy atom. The molecule has 1 heterocycles. The molecule has 26 heavy (non-hydrogen) atoms. The van der Waals surface area contributed by atoms with Crippen molar-refractivity contribution in [3.05, 3.63) is 57.8 Å². The van der Waals surface area contributed by atoms with Gasteiger partial charge < -0.3 is 16.0 Å². The van der Waals surface area contributed by atoms with Gasteiger partial charge in [0.25, 0.3) is 5.91 Å². The zero-order valence-corrected chi connectivity index (χ0v) is 16.4. The summed E-state index contributed by atoms with van der Waals surface area (Å²) in [6, 6.07) is 12.9. The average Bonchev–Trinajstić information content (AvgIpc) is 3.15. The monoisotopic (exact) mass is 374 g/mol. The fraction of sp³-hybridized carbons (Fsp3) is 0.400. The number of quaternary nitrogens is 1. The standard InChI is InChI=1S/C20H27N3O2S/c1-14(2)11-15-6-8-16(9-7-15)20(17-5-4-10-26-17)23-13-19(25)22-12-18(24)21-3/h4-10,14,20,23H,11-13H2,1-3H3,(H,21,24)(H,22,25)/p+1/t20-/m0/s1. The van der Waals surface area contributed by atoms with Gasteiger partial charge in [-0.1, -0.05) is 44.2 Å². The molecule has 1 aromatic heterocycles. The van der Waals surface area contributed by atoms with Gasteiger partial charge in [0.2, 0.25) is 5.91 Å². The summed E-state index contributed by atoms with van der Waals surface area (Å²) in [7, 11) is 1.55. The van der Waals surface area contributed by atoms with Gasteiger partial charge in [0.15, 0.2) is 6.54 Å². The van der Waals surface area contributed by atoms with Gasteiger partial charge in [0, 0.05) is 12.6 Å². The number of amides is 2. The van der Waals surface area contributed by atoms with Gasteiger partial charge >= 0.3 is 0 Å². The van der Waals surface area contributed by atoms with E-state index in [4.69, 9.17) is 0 Å². The zero-order valence-electron chi connectivity index (χ0n) is 15.6. The van der Waals surface area contributed by atoms with Crippen LogP contribution in [0, 0.1) is 5.92 Å². The predicted molar refractivity (Wildman–Crippen MR) is 105 cm³/mol. The highest BCUT2D eigenvalue weighted by atomic mass is 32.1. The summed E-state index contributed by atoms with van der Waals surface area (Å²) in [5.74, 6) is 0.282. The van der Waals surface area contributed by atoms with Crippen LogP contribution in [0.5, 0.6) is 0 Å². The van der Waals surface area contributed by atoms with Crippen LogP contribution in [0.25, 0.3) is 0 Å². The van der Waals surface area contributed by atoms with Crippen LogP contribution < -0.4 is 16.0 Å². The molecule has 0 aliphatic rings. The van der Waals surface area contributed by atoms with Gasteiger partial charge in [0.05, 0.1) is 11.4 Å². The molecule has 2 rings (SSSR count). The Labute approximate surface area is 159 Å². The molecule has 140 valence electrons. The van der Waals surface area contributed by atoms with Crippen molar-refractivity contribution in [2.75, 3.05) is 20.1 Å². The molecular formula is C20H28N3O2S+. The smallest absolute Gasteiger partial charge is 0.275 e. The lowest BCUT2D eigenvalue weighted by molar-refractivity contribution is -0.676. The number of hydrogen-bond acceptors (Lipinski definition) is 3. The molecule has 5 nitrogen and oxygen atoms in total. The summed E-state index contributed by atoms with van der Waals surface area (Å²) in [4.78, 5) is 24.5. The summed E-state index contributed by atoms with van der Waals surface area (Å²) in [5.41, 5.74) is 2.51. The number of rotatable bonds is 9. The van der Waals surface area contributed by atoms with Crippen molar-refractivity contribution in [1.29, 1.82) is 0 Å². The van der Waals surface area contributed by atoms with Crippen LogP contribution in [0.4, 0.5) is 0 Å². The van der Waals surface area contributed by atoms with Crippen molar-refractivity contribution in [1.82, 2.24) is 10.6 Å². The first-order valence-electron chi connectivity index (χ1n) is 8.92. The van der Waals surface area contributed by atoms with Crippen molar-refractivity contribution in [2.45, 2.75) is 26.3 Å². The van der Waals surface area contributed by atoms with E-state index in [1.165, 1.54) is 16.0 Å². The fourth-order valence-corrected chi connectivity index (χ4v) is 3.63. The molecular weight excluding hydrogens is 346 g/mol. The highest BCUT2D eigenvalue weighted by Gasteiger charge is 2.20. The Kier molecular flexibility index (Phi) is 7.81. The van der Waals surface area contributed by atoms with E-state index in [9.17, 15) is 9.59 Å². The van der Waals surface area contributed by atoms with E-state index in [0.29, 0.717) is 5.92 Å². The summed E-state index contributed by atoms with van der Waals surface area (Å²) in [6.07, 6.45) is 1.07. The number of carbonyl (C=O) groups is 2. The lowest BCUT2D eigenvalue weighted by Gasteiger charge is -2.15. The van der Waals surface area contributed by atoms with E-state index in [2.05, 4.69) is 60.2 Å². The van der Waals surface area contributed by atoms with E-state index in [0.717, 1.165) is 6.42 Å². The molecule has 0 fully saturated rings. The molecule has 0 radical (unpaired) electrons. The normalized spacial score (nSPS) is 12.0. The SMILES string of the molecule is CNC(=O)CNC(=O)C[NH2+][C@@H](c1ccc(CC(C)C)cc1)c1cccs1. The Balaban J connectivity index is 2.03. The number of nitrogens with one attached hydrogen (secondary N) is 2. The molecule has 0 aliphatic carbocycles. The minimum absolute atomic E-state index is 0.0107. The Morgan fingerprint density at radius 3 is 2.42 bits per heavy atom. The van der Waals surface area contributed by atoms with Gasteiger partial charge in [-0.2, -0.15) is 0 Å². The largest absolute Gasteiger partial charge is 0.358 e. The molecule has 6 heteroatoms. The van der Waals surface area contributed by atoms with E-state index in [-0.39, 0.29) is 30.9 Å². The van der Waals surface area contributed by atoms with Gasteiger partial charge in [0.1, 0.15) is 6.04 Å². The quantitative estimate of drug-likeness (QED) is 0.622. The molecule has 4 N–H and O–H groups in total. The van der Waals surface area contributed by atoms with Crippen LogP contribution in [0.3, 0.4) is 0 Å². The highest BCUT2D eigenvalue weighted by molar-refractivity contribution is 7.10. The first-order valence-corrected chi connectivity index (χ1v) is 9.80. The van der Waals surface area contributed by atoms with E-state index in [1.807, 2.05) is 11.4 Å². The van der Waals surface area contributed by atoms with Crippen molar-refractivity contribution >= 4 is 23.2 Å². The van der Waals surface area contributed by atoms with Crippen LogP contribution >= 0.6 is 11.3 Å². The third kappa shape index (κ3) is 6.28. The van der Waals surface area contributed by atoms with Crippen molar-refractivity contribution < 1.29 is 14.9 Å². The Bertz CT molecular complexity index is 696. The third-order valence-electron chi connectivity index (χ3n) is 4.10. The zero-order chi connectivity index (χ0) is 18.9. The summed E-state index contributed by atoms with van der Waals surface area (Å²) >= 11 is 1.69. The van der Waals surface area contributed by atoms with Crippen LogP contribution in [-0.4, -0.2) is 32.0 Å². The van der Waals surface area contributed by atoms with E-state index < -0.39 is 0 Å². The summed E-state index contributed by atoms with van der Waals surface area (Å²) < 4.78 is 0. The molecule has 0 unspecified atom stereocenters. The number of carbonyl (C=O) groups excluding carboxylic acids is 2. The number of nitrogens with two attached hydrogens (primary N) is 1. The number of thiophene rings is 1. The Morgan fingerprint density at radius 2 is 1.85 bits per heavy atom. The fourth-order valence-electron chi connectivity index (χ4n) is 2.78. The first-order chi connectivity index (χ1) is 12.5. The van der Waals surface area contributed by atoms with E-state index in [1.54, 1.807) is 18.4 Å². The van der Waals surface area contributed by atoms with Crippen LogP contribution in [-0.2, 0) is 16.0 Å². The Hall–Kier alpha value is -2.18. The molecule has 0 spiro atoms. The van der Waals surface area contributed by atoms with Crippen LogP contribution in [0.2, 0.25) is 0 Å². The highest BCUT2D eigenvalue weighted by Crippen LogP contribution is 2.23. The topological polar surface area (TPSA) is 74.8 Å². The lowest BCUT2D eigenvalue weighted by Crippen LogP contribution is -2.87. The molecule has 1 aromatic carbocycles. The number of benzene rings is 1. The minimum atomic E-state index is -0.200. The second kappa shape index (κ2) is 10.1. The number of hydrogen-bond donors (Lipinski definition) is 3. The molecule has 2 amide bonds. The molecule has 0 saturated heterocycles. The van der Waals surface area contributed by atoms with Gasteiger partial charge in [-0.05, 0) is 29.3 Å². The summed E-state index contributed by atoms with van der Waals surface area (Å²) in [5, 5.41) is 9.19. The van der Waals surface area contributed by atoms with Gasteiger partial charge in [-0.15, -0.1) is 11.3 Å². The number of likely N-dealkylation sites (N-methyl/N-ethyl adjacent to an activating group) is 1. The second-order valence-electron chi connectivity index (χ2n) is 6.72. The maximum absolute atomic E-state index is 12.0. The van der Waals surface area contributed by atoms with Gasteiger partial charge in [-0.3, -0.25) is 9.59 Å². The van der Waals surface area contributed by atoms with Crippen LogP contribution in [0.1, 0.15) is 35.9 Å². The van der Waals surface area contributed by atoms with Crippen molar-refractivity contribution in [2.24, 2.45) is 5.92 Å². The molecule has 0 saturated carbocycles. The maximum atomic E-state index is 12.0. The van der Waals surface area contributed by atoms with Gasteiger partial charge in [-0.25, -0.2) is 0 Å². The molecule has 2 aromatic rings. The first kappa shape index (κ1) is 20.1. The molecule has 1 atom stereocenters. The van der Waals surface area contributed by atoms with Crippen molar-refractivity contribution in [3.63, 3.8) is 0 Å². The van der Waals surface area contributed by atoms with Crippen molar-refractivity contribution in [3.8, 4) is 0 Å². The van der Waals surface area contributed by atoms with Crippen LogP contribution in [0.15, 0.2) is 41.8 Å². The summed E-state index contributed by atoms with van der Waals surface area (Å²) in [6.45, 7) is 4.71. The second-order valence-corrected chi connectivity index (χ2v) is 7.70. The average molecular weight is 375 g/mol. The molecule has 0 bridgehead atoms. The predicted octanol–water partition coefficient (Wildman–Crippen LogP) is 1.46. The third-order valence-corrected chi connectivity index (χ3v) is 5.05.